The topological polar surface area (TPSA) is 63.1 Å². The average molecular weight is 385 g/mol. The summed E-state index contributed by atoms with van der Waals surface area (Å²) in [6, 6.07) is 15.9. The SMILES string of the molecule is CN(C)c1ccc(-c2cc3c(ccn3C)c(C(=O)NCc3cccnc3)n2)cc1. The van der Waals surface area contributed by atoms with Crippen LogP contribution in [-0.2, 0) is 13.6 Å². The van der Waals surface area contributed by atoms with E-state index < -0.39 is 0 Å². The molecule has 0 fully saturated rings. The second-order valence-corrected chi connectivity index (χ2v) is 7.20. The number of anilines is 1. The Hall–Kier alpha value is -3.67. The molecule has 29 heavy (non-hydrogen) atoms. The van der Waals surface area contributed by atoms with Gasteiger partial charge in [-0.25, -0.2) is 4.98 Å². The maximum atomic E-state index is 13.0. The van der Waals surface area contributed by atoms with E-state index in [-0.39, 0.29) is 5.91 Å². The summed E-state index contributed by atoms with van der Waals surface area (Å²) in [7, 11) is 5.99. The number of hydrogen-bond acceptors (Lipinski definition) is 4. The largest absolute Gasteiger partial charge is 0.378 e. The number of hydrogen-bond donors (Lipinski definition) is 1. The molecule has 0 aliphatic rings. The van der Waals surface area contributed by atoms with E-state index in [4.69, 9.17) is 4.98 Å². The number of benzene rings is 1. The van der Waals surface area contributed by atoms with E-state index in [1.165, 1.54) is 0 Å². The van der Waals surface area contributed by atoms with Crippen molar-refractivity contribution in [3.63, 3.8) is 0 Å². The van der Waals surface area contributed by atoms with Crippen molar-refractivity contribution in [2.75, 3.05) is 19.0 Å². The Morgan fingerprint density at radius 2 is 1.93 bits per heavy atom. The zero-order valence-corrected chi connectivity index (χ0v) is 16.8. The molecule has 0 atom stereocenters. The lowest BCUT2D eigenvalue weighted by atomic mass is 10.1. The standard InChI is InChI=1S/C23H23N5O/c1-27(2)18-8-6-17(7-9-18)20-13-21-19(10-12-28(21)3)22(26-20)23(29)25-15-16-5-4-11-24-14-16/h4-14H,15H2,1-3H3,(H,25,29). The van der Waals surface area contributed by atoms with Gasteiger partial charge in [-0.05, 0) is 35.9 Å². The zero-order valence-electron chi connectivity index (χ0n) is 16.8. The minimum Gasteiger partial charge on any atom is -0.378 e. The maximum Gasteiger partial charge on any atom is 0.270 e. The van der Waals surface area contributed by atoms with E-state index in [9.17, 15) is 4.79 Å². The van der Waals surface area contributed by atoms with Crippen LogP contribution in [0.4, 0.5) is 5.69 Å². The quantitative estimate of drug-likeness (QED) is 0.570. The van der Waals surface area contributed by atoms with Gasteiger partial charge in [-0.3, -0.25) is 9.78 Å². The number of carbonyl (C=O) groups is 1. The van der Waals surface area contributed by atoms with Crippen molar-refractivity contribution in [2.45, 2.75) is 6.54 Å². The summed E-state index contributed by atoms with van der Waals surface area (Å²) < 4.78 is 2.01. The minimum absolute atomic E-state index is 0.197. The normalized spacial score (nSPS) is 10.9. The number of amides is 1. The molecule has 4 rings (SSSR count). The van der Waals surface area contributed by atoms with Gasteiger partial charge in [0, 0.05) is 62.9 Å². The van der Waals surface area contributed by atoms with Crippen molar-refractivity contribution in [2.24, 2.45) is 7.05 Å². The number of nitrogens with one attached hydrogen (secondary N) is 1. The van der Waals surface area contributed by atoms with Crippen molar-refractivity contribution < 1.29 is 4.79 Å². The summed E-state index contributed by atoms with van der Waals surface area (Å²) in [5.41, 5.74) is 5.21. The van der Waals surface area contributed by atoms with Crippen LogP contribution >= 0.6 is 0 Å². The van der Waals surface area contributed by atoms with E-state index in [2.05, 4.69) is 15.2 Å². The summed E-state index contributed by atoms with van der Waals surface area (Å²) in [4.78, 5) is 23.8. The van der Waals surface area contributed by atoms with E-state index in [1.54, 1.807) is 12.4 Å². The van der Waals surface area contributed by atoms with E-state index in [0.29, 0.717) is 12.2 Å². The lowest BCUT2D eigenvalue weighted by Crippen LogP contribution is -2.24. The molecule has 0 radical (unpaired) electrons. The van der Waals surface area contributed by atoms with Crippen LogP contribution in [0, 0.1) is 0 Å². The summed E-state index contributed by atoms with van der Waals surface area (Å²) in [5, 5.41) is 3.80. The zero-order chi connectivity index (χ0) is 20.4. The monoisotopic (exact) mass is 385 g/mol. The van der Waals surface area contributed by atoms with Crippen molar-refractivity contribution >= 4 is 22.5 Å². The van der Waals surface area contributed by atoms with Crippen LogP contribution in [0.15, 0.2) is 67.1 Å². The van der Waals surface area contributed by atoms with E-state index in [1.807, 2.05) is 80.4 Å². The van der Waals surface area contributed by atoms with Gasteiger partial charge < -0.3 is 14.8 Å². The molecule has 146 valence electrons. The fraction of sp³-hybridized carbons (Fsp3) is 0.174. The van der Waals surface area contributed by atoms with Crippen LogP contribution in [0.2, 0.25) is 0 Å². The van der Waals surface area contributed by atoms with Crippen molar-refractivity contribution in [1.29, 1.82) is 0 Å². The van der Waals surface area contributed by atoms with Crippen LogP contribution in [0.25, 0.3) is 22.2 Å². The lowest BCUT2D eigenvalue weighted by Gasteiger charge is -2.13. The second kappa shape index (κ2) is 7.75. The highest BCUT2D eigenvalue weighted by molar-refractivity contribution is 6.05. The molecule has 0 unspecified atom stereocenters. The van der Waals surface area contributed by atoms with Crippen LogP contribution in [-0.4, -0.2) is 34.5 Å². The Kier molecular flexibility index (Phi) is 4.99. The van der Waals surface area contributed by atoms with Gasteiger partial charge in [0.1, 0.15) is 5.69 Å². The van der Waals surface area contributed by atoms with Crippen molar-refractivity contribution in [1.82, 2.24) is 19.9 Å². The first-order valence-corrected chi connectivity index (χ1v) is 9.44. The predicted octanol–water partition coefficient (Wildman–Crippen LogP) is 3.63. The average Bonchev–Trinajstić information content (AvgIpc) is 3.13. The van der Waals surface area contributed by atoms with Gasteiger partial charge in [-0.1, -0.05) is 18.2 Å². The van der Waals surface area contributed by atoms with Crippen LogP contribution in [0.1, 0.15) is 16.1 Å². The Morgan fingerprint density at radius 3 is 2.62 bits per heavy atom. The minimum atomic E-state index is -0.197. The van der Waals surface area contributed by atoms with Gasteiger partial charge in [0.05, 0.1) is 11.2 Å². The molecule has 0 saturated carbocycles. The van der Waals surface area contributed by atoms with Crippen molar-refractivity contribution in [3.8, 4) is 11.3 Å². The summed E-state index contributed by atoms with van der Waals surface area (Å²) >= 11 is 0. The third kappa shape index (κ3) is 3.82. The molecular weight excluding hydrogens is 362 g/mol. The fourth-order valence-electron chi connectivity index (χ4n) is 3.28. The van der Waals surface area contributed by atoms with Gasteiger partial charge in [0.25, 0.3) is 5.91 Å². The molecule has 0 saturated heterocycles. The van der Waals surface area contributed by atoms with Crippen LogP contribution in [0.3, 0.4) is 0 Å². The highest BCUT2D eigenvalue weighted by atomic mass is 16.1. The third-order valence-electron chi connectivity index (χ3n) is 4.95. The molecular formula is C23H23N5O. The molecule has 1 N–H and O–H groups in total. The number of carbonyl (C=O) groups excluding carboxylic acids is 1. The third-order valence-corrected chi connectivity index (χ3v) is 4.95. The Bertz CT molecular complexity index is 1150. The second-order valence-electron chi connectivity index (χ2n) is 7.20. The van der Waals surface area contributed by atoms with Crippen LogP contribution < -0.4 is 10.2 Å². The Labute approximate surface area is 169 Å². The van der Waals surface area contributed by atoms with Gasteiger partial charge in [0.2, 0.25) is 0 Å². The summed E-state index contributed by atoms with van der Waals surface area (Å²) in [6.07, 6.45) is 5.41. The van der Waals surface area contributed by atoms with Gasteiger partial charge in [0.15, 0.2) is 0 Å². The molecule has 6 nitrogen and oxygen atoms in total. The van der Waals surface area contributed by atoms with E-state index >= 15 is 0 Å². The predicted molar refractivity (Wildman–Crippen MR) is 116 cm³/mol. The van der Waals surface area contributed by atoms with Crippen LogP contribution in [0.5, 0.6) is 0 Å². The van der Waals surface area contributed by atoms with Gasteiger partial charge in [-0.2, -0.15) is 0 Å². The maximum absolute atomic E-state index is 13.0. The molecule has 6 heteroatoms. The van der Waals surface area contributed by atoms with E-state index in [0.717, 1.165) is 33.4 Å². The smallest absolute Gasteiger partial charge is 0.270 e. The molecule has 3 heterocycles. The molecule has 0 bridgehead atoms. The number of nitrogens with zero attached hydrogens (tertiary/aromatic N) is 4. The molecule has 1 aromatic carbocycles. The first-order chi connectivity index (χ1) is 14.0. The first-order valence-electron chi connectivity index (χ1n) is 9.44. The summed E-state index contributed by atoms with van der Waals surface area (Å²) in [5.74, 6) is -0.197. The molecule has 0 aliphatic carbocycles. The highest BCUT2D eigenvalue weighted by Gasteiger charge is 2.16. The lowest BCUT2D eigenvalue weighted by molar-refractivity contribution is 0.0948. The van der Waals surface area contributed by atoms with Gasteiger partial charge >= 0.3 is 0 Å². The molecule has 0 spiro atoms. The Balaban J connectivity index is 1.70. The molecule has 1 amide bonds. The van der Waals surface area contributed by atoms with Crippen molar-refractivity contribution in [3.05, 3.63) is 78.4 Å². The summed E-state index contributed by atoms with van der Waals surface area (Å²) in [6.45, 7) is 0.407. The number of aryl methyl sites for hydroxylation is 1. The number of fused-ring (bicyclic) bond motifs is 1. The highest BCUT2D eigenvalue weighted by Crippen LogP contribution is 2.27. The molecule has 0 aliphatic heterocycles. The number of rotatable bonds is 5. The Morgan fingerprint density at radius 1 is 1.14 bits per heavy atom. The fourth-order valence-corrected chi connectivity index (χ4v) is 3.28. The number of pyridine rings is 2. The molecule has 4 aromatic rings. The molecule has 3 aromatic heterocycles. The van der Waals surface area contributed by atoms with Gasteiger partial charge in [-0.15, -0.1) is 0 Å². The number of aromatic nitrogens is 3. The first kappa shape index (κ1) is 18.7.